The van der Waals surface area contributed by atoms with Gasteiger partial charge < -0.3 is 14.2 Å². The summed E-state index contributed by atoms with van der Waals surface area (Å²) in [6.45, 7) is 1.81. The Morgan fingerprint density at radius 3 is 2.32 bits per heavy atom. The molecule has 0 radical (unpaired) electrons. The Bertz CT molecular complexity index is 924. The van der Waals surface area contributed by atoms with E-state index in [-0.39, 0.29) is 32.9 Å². The number of esters is 1. The Hall–Kier alpha value is -1.96. The van der Waals surface area contributed by atoms with E-state index in [0.717, 1.165) is 0 Å². The number of hydrogen-bond donors (Lipinski definition) is 0. The SMILES string of the molecule is CCOC(=O)C1Oc2cc(Cl)c(S(=O)(=O)c3ccc(Cl)cc3)cc2O1. The van der Waals surface area contributed by atoms with Crippen LogP contribution in [0.25, 0.3) is 0 Å². The molecule has 1 aliphatic rings. The summed E-state index contributed by atoms with van der Waals surface area (Å²) in [6.07, 6.45) is -1.29. The summed E-state index contributed by atoms with van der Waals surface area (Å²) in [5, 5.41) is 0.356. The summed E-state index contributed by atoms with van der Waals surface area (Å²) in [6, 6.07) is 8.19. The van der Waals surface area contributed by atoms with Crippen LogP contribution in [0.1, 0.15) is 6.92 Å². The molecular weight excluding hydrogens is 391 g/mol. The minimum Gasteiger partial charge on any atom is -0.460 e. The molecule has 132 valence electrons. The Morgan fingerprint density at radius 1 is 1.12 bits per heavy atom. The Labute approximate surface area is 154 Å². The quantitative estimate of drug-likeness (QED) is 0.728. The molecular formula is C16H12Cl2O6S. The minimum absolute atomic E-state index is 0.0274. The average molecular weight is 403 g/mol. The maximum Gasteiger partial charge on any atom is 0.389 e. The molecule has 6 nitrogen and oxygen atoms in total. The second-order valence-electron chi connectivity index (χ2n) is 5.01. The molecule has 0 N–H and O–H groups in total. The third-order valence-corrected chi connectivity index (χ3v) is 5.85. The maximum absolute atomic E-state index is 12.8. The normalized spacial score (nSPS) is 15.9. The highest BCUT2D eigenvalue weighted by atomic mass is 35.5. The maximum atomic E-state index is 12.8. The monoisotopic (exact) mass is 402 g/mol. The number of rotatable bonds is 4. The van der Waals surface area contributed by atoms with Crippen molar-refractivity contribution < 1.29 is 27.4 Å². The topological polar surface area (TPSA) is 78.9 Å². The predicted octanol–water partition coefficient (Wildman–Crippen LogP) is 3.49. The fraction of sp³-hybridized carbons (Fsp3) is 0.188. The van der Waals surface area contributed by atoms with Crippen molar-refractivity contribution >= 4 is 39.0 Å². The van der Waals surface area contributed by atoms with Gasteiger partial charge in [-0.15, -0.1) is 0 Å². The first-order chi connectivity index (χ1) is 11.8. The molecule has 0 saturated heterocycles. The molecule has 0 fully saturated rings. The van der Waals surface area contributed by atoms with Gasteiger partial charge in [-0.3, -0.25) is 0 Å². The van der Waals surface area contributed by atoms with Crippen LogP contribution in [0, 0.1) is 0 Å². The molecule has 2 aromatic carbocycles. The molecule has 1 aliphatic heterocycles. The van der Waals surface area contributed by atoms with Gasteiger partial charge in [0.2, 0.25) is 9.84 Å². The standard InChI is InChI=1S/C16H12Cl2O6S/c1-2-22-15(19)16-23-12-7-11(18)14(8-13(12)24-16)25(20,21)10-5-3-9(17)4-6-10/h3-8,16H,2H2,1H3. The lowest BCUT2D eigenvalue weighted by molar-refractivity contribution is -0.161. The van der Waals surface area contributed by atoms with Crippen molar-refractivity contribution in [2.75, 3.05) is 6.61 Å². The van der Waals surface area contributed by atoms with Crippen LogP contribution in [0.3, 0.4) is 0 Å². The van der Waals surface area contributed by atoms with Crippen molar-refractivity contribution in [2.24, 2.45) is 0 Å². The van der Waals surface area contributed by atoms with Gasteiger partial charge in [0.05, 0.1) is 21.4 Å². The van der Waals surface area contributed by atoms with Crippen LogP contribution in [0.4, 0.5) is 0 Å². The summed E-state index contributed by atoms with van der Waals surface area (Å²) in [5.41, 5.74) is 0. The number of benzene rings is 2. The van der Waals surface area contributed by atoms with Gasteiger partial charge in [-0.1, -0.05) is 23.2 Å². The molecule has 1 heterocycles. The van der Waals surface area contributed by atoms with Gasteiger partial charge in [-0.05, 0) is 31.2 Å². The van der Waals surface area contributed by atoms with Crippen molar-refractivity contribution in [3.05, 3.63) is 46.4 Å². The molecule has 2 aromatic rings. The molecule has 3 rings (SSSR count). The number of carbonyl (C=O) groups is 1. The van der Waals surface area contributed by atoms with Crippen molar-refractivity contribution in [2.45, 2.75) is 23.0 Å². The number of halogens is 2. The van der Waals surface area contributed by atoms with Crippen LogP contribution < -0.4 is 9.47 Å². The highest BCUT2D eigenvalue weighted by Crippen LogP contribution is 2.42. The van der Waals surface area contributed by atoms with E-state index in [1.807, 2.05) is 0 Å². The van der Waals surface area contributed by atoms with Crippen LogP contribution in [-0.2, 0) is 19.4 Å². The smallest absolute Gasteiger partial charge is 0.389 e. The van der Waals surface area contributed by atoms with Crippen molar-refractivity contribution in [3.8, 4) is 11.5 Å². The van der Waals surface area contributed by atoms with Crippen LogP contribution in [0.15, 0.2) is 46.2 Å². The molecule has 25 heavy (non-hydrogen) atoms. The molecule has 0 spiro atoms. The van der Waals surface area contributed by atoms with Gasteiger partial charge in [0.25, 0.3) is 0 Å². The molecule has 1 unspecified atom stereocenters. The Kier molecular flexibility index (Phi) is 4.81. The van der Waals surface area contributed by atoms with Crippen molar-refractivity contribution in [3.63, 3.8) is 0 Å². The highest BCUT2D eigenvalue weighted by Gasteiger charge is 2.34. The molecule has 0 amide bonds. The largest absolute Gasteiger partial charge is 0.460 e. The average Bonchev–Trinajstić information content (AvgIpc) is 2.97. The van der Waals surface area contributed by atoms with Crippen LogP contribution in [0.5, 0.6) is 11.5 Å². The van der Waals surface area contributed by atoms with E-state index >= 15 is 0 Å². The second kappa shape index (κ2) is 6.74. The van der Waals surface area contributed by atoms with E-state index in [0.29, 0.717) is 5.02 Å². The van der Waals surface area contributed by atoms with Crippen molar-refractivity contribution in [1.82, 2.24) is 0 Å². The van der Waals surface area contributed by atoms with Crippen LogP contribution in [0.2, 0.25) is 10.0 Å². The number of carbonyl (C=O) groups excluding carboxylic acids is 1. The molecule has 9 heteroatoms. The summed E-state index contributed by atoms with van der Waals surface area (Å²) in [7, 11) is -3.90. The van der Waals surface area contributed by atoms with Gasteiger partial charge >= 0.3 is 12.3 Å². The fourth-order valence-corrected chi connectivity index (χ4v) is 4.12. The summed E-state index contributed by atoms with van der Waals surface area (Å²) >= 11 is 11.9. The molecule has 0 aromatic heterocycles. The first-order valence-corrected chi connectivity index (χ1v) is 9.41. The van der Waals surface area contributed by atoms with E-state index in [2.05, 4.69) is 0 Å². The number of hydrogen-bond acceptors (Lipinski definition) is 6. The second-order valence-corrected chi connectivity index (χ2v) is 7.77. The van der Waals surface area contributed by atoms with Crippen molar-refractivity contribution in [1.29, 1.82) is 0 Å². The highest BCUT2D eigenvalue weighted by molar-refractivity contribution is 7.91. The summed E-state index contributed by atoms with van der Waals surface area (Å²) < 4.78 is 41.0. The van der Waals surface area contributed by atoms with Crippen LogP contribution >= 0.6 is 23.2 Å². The molecule has 0 aliphatic carbocycles. The van der Waals surface area contributed by atoms with E-state index in [9.17, 15) is 13.2 Å². The zero-order valence-electron chi connectivity index (χ0n) is 12.9. The number of sulfone groups is 1. The lowest BCUT2D eigenvalue weighted by atomic mass is 10.3. The van der Waals surface area contributed by atoms with Gasteiger partial charge in [-0.2, -0.15) is 0 Å². The molecule has 0 bridgehead atoms. The molecule has 0 saturated carbocycles. The first kappa shape index (κ1) is 17.8. The lowest BCUT2D eigenvalue weighted by Crippen LogP contribution is -2.30. The van der Waals surface area contributed by atoms with Gasteiger partial charge in [0, 0.05) is 17.2 Å². The van der Waals surface area contributed by atoms with Gasteiger partial charge in [0.1, 0.15) is 0 Å². The first-order valence-electron chi connectivity index (χ1n) is 7.17. The van der Waals surface area contributed by atoms with E-state index in [1.165, 1.54) is 36.4 Å². The van der Waals surface area contributed by atoms with Gasteiger partial charge in [-0.25, -0.2) is 13.2 Å². The number of ether oxygens (including phenoxy) is 3. The fourth-order valence-electron chi connectivity index (χ4n) is 2.21. The van der Waals surface area contributed by atoms with E-state index < -0.39 is 22.1 Å². The zero-order valence-corrected chi connectivity index (χ0v) is 15.2. The lowest BCUT2D eigenvalue weighted by Gasteiger charge is -2.08. The molecule has 1 atom stereocenters. The van der Waals surface area contributed by atoms with E-state index in [4.69, 9.17) is 37.4 Å². The summed E-state index contributed by atoms with van der Waals surface area (Å²) in [5.74, 6) is -0.454. The zero-order chi connectivity index (χ0) is 18.2. The van der Waals surface area contributed by atoms with E-state index in [1.54, 1.807) is 6.92 Å². The minimum atomic E-state index is -3.90. The van der Waals surface area contributed by atoms with Gasteiger partial charge in [0.15, 0.2) is 11.5 Å². The Morgan fingerprint density at radius 2 is 1.72 bits per heavy atom. The third-order valence-electron chi connectivity index (χ3n) is 3.36. The predicted molar refractivity (Wildman–Crippen MR) is 90.0 cm³/mol. The third kappa shape index (κ3) is 3.40. The Balaban J connectivity index is 1.97. The van der Waals surface area contributed by atoms with Crippen LogP contribution in [-0.4, -0.2) is 27.3 Å². The number of fused-ring (bicyclic) bond motifs is 1. The summed E-state index contributed by atoms with van der Waals surface area (Å²) in [4.78, 5) is 11.6.